The molecule has 1 unspecified atom stereocenters. The van der Waals surface area contributed by atoms with Crippen LogP contribution < -0.4 is 5.32 Å². The molecule has 0 bridgehead atoms. The molecule has 1 fully saturated rings. The topological polar surface area (TPSA) is 12.0 Å². The minimum Gasteiger partial charge on any atom is -0.314 e. The van der Waals surface area contributed by atoms with Gasteiger partial charge in [0.1, 0.15) is 0 Å². The molecule has 0 saturated heterocycles. The molecule has 4 heteroatoms. The van der Waals surface area contributed by atoms with Gasteiger partial charge in [0, 0.05) is 12.5 Å². The highest BCUT2D eigenvalue weighted by Gasteiger charge is 2.26. The van der Waals surface area contributed by atoms with E-state index in [4.69, 9.17) is 0 Å². The second-order valence-corrected chi connectivity index (χ2v) is 6.24. The molecule has 20 heavy (non-hydrogen) atoms. The zero-order chi connectivity index (χ0) is 14.8. The van der Waals surface area contributed by atoms with Crippen molar-refractivity contribution in [1.82, 2.24) is 5.32 Å². The summed E-state index contributed by atoms with van der Waals surface area (Å²) in [5.74, 6) is 0.817. The second kappa shape index (κ2) is 9.64. The van der Waals surface area contributed by atoms with Crippen molar-refractivity contribution in [2.75, 3.05) is 6.54 Å². The fourth-order valence-corrected chi connectivity index (χ4v) is 3.16. The lowest BCUT2D eigenvalue weighted by atomic mass is 9.84. The van der Waals surface area contributed by atoms with Crippen molar-refractivity contribution < 1.29 is 13.2 Å². The average molecular weight is 293 g/mol. The van der Waals surface area contributed by atoms with Crippen molar-refractivity contribution in [2.45, 2.75) is 89.8 Å². The van der Waals surface area contributed by atoms with E-state index in [2.05, 4.69) is 12.2 Å². The van der Waals surface area contributed by atoms with Crippen molar-refractivity contribution in [1.29, 1.82) is 0 Å². The normalized spacial score (nSPS) is 19.2. The van der Waals surface area contributed by atoms with Crippen LogP contribution in [0.3, 0.4) is 0 Å². The third kappa shape index (κ3) is 8.83. The quantitative estimate of drug-likeness (QED) is 0.596. The van der Waals surface area contributed by atoms with E-state index in [1.165, 1.54) is 38.5 Å². The first-order chi connectivity index (χ1) is 9.51. The van der Waals surface area contributed by atoms with Gasteiger partial charge in [0.25, 0.3) is 0 Å². The zero-order valence-corrected chi connectivity index (χ0v) is 12.8. The van der Waals surface area contributed by atoms with Gasteiger partial charge >= 0.3 is 6.18 Å². The van der Waals surface area contributed by atoms with Crippen LogP contribution in [-0.4, -0.2) is 18.8 Å². The van der Waals surface area contributed by atoms with Gasteiger partial charge in [-0.1, -0.05) is 39.0 Å². The summed E-state index contributed by atoms with van der Waals surface area (Å²) in [4.78, 5) is 0. The SMILES string of the molecule is CCCNC(CCCC(F)(F)F)CCC1CCCCC1. The molecule has 1 aliphatic rings. The van der Waals surface area contributed by atoms with Crippen LogP contribution in [0.1, 0.15) is 77.6 Å². The predicted octanol–water partition coefficient (Wildman–Crippen LogP) is 5.45. The Morgan fingerprint density at radius 2 is 1.80 bits per heavy atom. The Hall–Kier alpha value is -0.250. The summed E-state index contributed by atoms with van der Waals surface area (Å²) in [7, 11) is 0. The Labute approximate surface area is 121 Å². The first-order valence-corrected chi connectivity index (χ1v) is 8.31. The maximum absolute atomic E-state index is 12.2. The standard InChI is InChI=1S/C16H30F3N/c1-2-13-20-15(9-6-12-16(17,18)19)11-10-14-7-4-3-5-8-14/h14-15,20H,2-13H2,1H3. The molecule has 0 aromatic heterocycles. The van der Waals surface area contributed by atoms with E-state index < -0.39 is 12.6 Å². The lowest BCUT2D eigenvalue weighted by Crippen LogP contribution is -2.30. The molecule has 0 heterocycles. The van der Waals surface area contributed by atoms with Crippen LogP contribution in [0.15, 0.2) is 0 Å². The lowest BCUT2D eigenvalue weighted by molar-refractivity contribution is -0.135. The molecule has 1 saturated carbocycles. The third-order valence-corrected chi connectivity index (χ3v) is 4.34. The van der Waals surface area contributed by atoms with Crippen LogP contribution in [0.25, 0.3) is 0 Å². The maximum atomic E-state index is 12.2. The van der Waals surface area contributed by atoms with Gasteiger partial charge in [-0.3, -0.25) is 0 Å². The summed E-state index contributed by atoms with van der Waals surface area (Å²) in [6.45, 7) is 3.02. The molecule has 1 N–H and O–H groups in total. The number of halogens is 3. The van der Waals surface area contributed by atoms with Gasteiger partial charge in [0.2, 0.25) is 0 Å². The molecular formula is C16H30F3N. The fourth-order valence-electron chi connectivity index (χ4n) is 3.16. The molecule has 120 valence electrons. The van der Waals surface area contributed by atoms with Gasteiger partial charge in [-0.25, -0.2) is 0 Å². The number of alkyl halides is 3. The molecule has 1 atom stereocenters. The van der Waals surface area contributed by atoms with Gasteiger partial charge in [0.15, 0.2) is 0 Å². The maximum Gasteiger partial charge on any atom is 0.389 e. The molecule has 0 radical (unpaired) electrons. The molecule has 0 amide bonds. The summed E-state index contributed by atoms with van der Waals surface area (Å²) in [6, 6.07) is 0.277. The smallest absolute Gasteiger partial charge is 0.314 e. The zero-order valence-electron chi connectivity index (χ0n) is 12.8. The summed E-state index contributed by atoms with van der Waals surface area (Å²) in [6.07, 6.45) is 6.24. The molecule has 1 rings (SSSR count). The Morgan fingerprint density at radius 1 is 1.10 bits per heavy atom. The summed E-state index contributed by atoms with van der Waals surface area (Å²) in [5, 5.41) is 3.43. The minimum absolute atomic E-state index is 0.259. The molecule has 0 aromatic carbocycles. The van der Waals surface area contributed by atoms with E-state index in [-0.39, 0.29) is 12.5 Å². The molecule has 0 aromatic rings. The van der Waals surface area contributed by atoms with E-state index in [0.29, 0.717) is 6.42 Å². The number of rotatable bonds is 9. The van der Waals surface area contributed by atoms with Gasteiger partial charge in [0.05, 0.1) is 0 Å². The van der Waals surface area contributed by atoms with E-state index in [1.54, 1.807) is 0 Å². The Morgan fingerprint density at radius 3 is 2.40 bits per heavy atom. The van der Waals surface area contributed by atoms with Crippen LogP contribution >= 0.6 is 0 Å². The first-order valence-electron chi connectivity index (χ1n) is 8.31. The van der Waals surface area contributed by atoms with E-state index in [1.807, 2.05) is 0 Å². The number of hydrogen-bond donors (Lipinski definition) is 1. The summed E-state index contributed by atoms with van der Waals surface area (Å²) >= 11 is 0. The van der Waals surface area contributed by atoms with Crippen molar-refractivity contribution >= 4 is 0 Å². The minimum atomic E-state index is -4.00. The van der Waals surface area contributed by atoms with Gasteiger partial charge in [-0.05, 0) is 44.6 Å². The van der Waals surface area contributed by atoms with Crippen LogP contribution in [0.2, 0.25) is 0 Å². The highest BCUT2D eigenvalue weighted by Crippen LogP contribution is 2.29. The Kier molecular flexibility index (Phi) is 8.58. The summed E-state index contributed by atoms with van der Waals surface area (Å²) in [5.41, 5.74) is 0. The second-order valence-electron chi connectivity index (χ2n) is 6.24. The fraction of sp³-hybridized carbons (Fsp3) is 1.00. The molecule has 1 nitrogen and oxygen atoms in total. The van der Waals surface area contributed by atoms with Crippen LogP contribution in [0, 0.1) is 5.92 Å². The van der Waals surface area contributed by atoms with Crippen LogP contribution in [0.4, 0.5) is 13.2 Å². The predicted molar refractivity (Wildman–Crippen MR) is 77.8 cm³/mol. The molecule has 1 aliphatic carbocycles. The molecule has 0 spiro atoms. The first kappa shape index (κ1) is 17.8. The van der Waals surface area contributed by atoms with Gasteiger partial charge < -0.3 is 5.32 Å². The lowest BCUT2D eigenvalue weighted by Gasteiger charge is -2.25. The molecular weight excluding hydrogens is 263 g/mol. The number of nitrogens with one attached hydrogen (secondary N) is 1. The van der Waals surface area contributed by atoms with Crippen LogP contribution in [-0.2, 0) is 0 Å². The van der Waals surface area contributed by atoms with Crippen molar-refractivity contribution in [3.8, 4) is 0 Å². The summed E-state index contributed by atoms with van der Waals surface area (Å²) < 4.78 is 36.6. The number of hydrogen-bond acceptors (Lipinski definition) is 1. The van der Waals surface area contributed by atoms with E-state index >= 15 is 0 Å². The van der Waals surface area contributed by atoms with Gasteiger partial charge in [-0.2, -0.15) is 13.2 Å². The van der Waals surface area contributed by atoms with E-state index in [0.717, 1.165) is 25.3 Å². The third-order valence-electron chi connectivity index (χ3n) is 4.34. The largest absolute Gasteiger partial charge is 0.389 e. The highest BCUT2D eigenvalue weighted by atomic mass is 19.4. The highest BCUT2D eigenvalue weighted by molar-refractivity contribution is 4.72. The van der Waals surface area contributed by atoms with Crippen LogP contribution in [0.5, 0.6) is 0 Å². The van der Waals surface area contributed by atoms with Crippen molar-refractivity contribution in [3.05, 3.63) is 0 Å². The molecule has 0 aliphatic heterocycles. The Balaban J connectivity index is 2.23. The van der Waals surface area contributed by atoms with Crippen molar-refractivity contribution in [2.24, 2.45) is 5.92 Å². The average Bonchev–Trinajstić information content (AvgIpc) is 2.41. The monoisotopic (exact) mass is 293 g/mol. The van der Waals surface area contributed by atoms with Gasteiger partial charge in [-0.15, -0.1) is 0 Å². The van der Waals surface area contributed by atoms with Crippen molar-refractivity contribution in [3.63, 3.8) is 0 Å². The Bertz CT molecular complexity index is 234. The van der Waals surface area contributed by atoms with E-state index in [9.17, 15) is 13.2 Å².